The van der Waals surface area contributed by atoms with Crippen molar-refractivity contribution in [3.8, 4) is 5.75 Å². The maximum atomic E-state index is 12.8. The van der Waals surface area contributed by atoms with Crippen LogP contribution >= 0.6 is 0 Å². The second-order valence-corrected chi connectivity index (χ2v) is 6.45. The highest BCUT2D eigenvalue weighted by molar-refractivity contribution is 6.37. The summed E-state index contributed by atoms with van der Waals surface area (Å²) in [6, 6.07) is 24.1. The third-order valence-corrected chi connectivity index (χ3v) is 4.47. The maximum Gasteiger partial charge on any atom is 0.341 e. The lowest BCUT2D eigenvalue weighted by molar-refractivity contribution is -0.139. The van der Waals surface area contributed by atoms with Gasteiger partial charge < -0.3 is 20.5 Å². The van der Waals surface area contributed by atoms with Gasteiger partial charge in [-0.2, -0.15) is 0 Å². The third kappa shape index (κ3) is 3.96. The molecule has 0 bridgehead atoms. The number of hydrogen-bond donors (Lipinski definition) is 3. The zero-order valence-electron chi connectivity index (χ0n) is 15.4. The Hall–Kier alpha value is -4.06. The molecule has 1 amide bonds. The van der Waals surface area contributed by atoms with E-state index in [1.807, 2.05) is 54.6 Å². The molecule has 144 valence electrons. The Balaban J connectivity index is 1.72. The van der Waals surface area contributed by atoms with Crippen LogP contribution in [0.25, 0.3) is 11.3 Å². The van der Waals surface area contributed by atoms with Gasteiger partial charge in [-0.15, -0.1) is 0 Å². The highest BCUT2D eigenvalue weighted by Crippen LogP contribution is 2.37. The number of carboxylic acids is 1. The van der Waals surface area contributed by atoms with Crippen LogP contribution in [0.3, 0.4) is 0 Å². The lowest BCUT2D eigenvalue weighted by Crippen LogP contribution is -2.10. The summed E-state index contributed by atoms with van der Waals surface area (Å²) in [6.07, 6.45) is 0. The Morgan fingerprint density at radius 2 is 1.62 bits per heavy atom. The van der Waals surface area contributed by atoms with Crippen LogP contribution in [-0.4, -0.2) is 23.6 Å². The van der Waals surface area contributed by atoms with E-state index in [0.29, 0.717) is 17.0 Å². The van der Waals surface area contributed by atoms with Crippen LogP contribution in [0.15, 0.2) is 78.9 Å². The minimum atomic E-state index is -1.03. The SMILES string of the molecule is O=C(O)COc1ccc(N/C(=C2\C(=O)Nc3ccccc32)c2ccccc2)cc1. The monoisotopic (exact) mass is 386 g/mol. The van der Waals surface area contributed by atoms with Crippen LogP contribution < -0.4 is 15.4 Å². The molecule has 6 nitrogen and oxygen atoms in total. The highest BCUT2D eigenvalue weighted by atomic mass is 16.5. The zero-order chi connectivity index (χ0) is 20.2. The van der Waals surface area contributed by atoms with E-state index in [1.165, 1.54) is 0 Å². The van der Waals surface area contributed by atoms with Gasteiger partial charge in [0.15, 0.2) is 6.61 Å². The van der Waals surface area contributed by atoms with Crippen molar-refractivity contribution in [2.45, 2.75) is 0 Å². The standard InChI is InChI=1S/C23H18N2O4/c26-20(27)14-29-17-12-10-16(11-13-17)24-22(15-6-2-1-3-7-15)21-18-8-4-5-9-19(18)25-23(21)28/h1-13,24H,14H2,(H,25,28)(H,26,27)/b22-21-. The lowest BCUT2D eigenvalue weighted by Gasteiger charge is -2.15. The number of nitrogens with one attached hydrogen (secondary N) is 2. The average molecular weight is 386 g/mol. The largest absolute Gasteiger partial charge is 0.482 e. The van der Waals surface area contributed by atoms with E-state index in [2.05, 4.69) is 10.6 Å². The molecule has 3 aromatic rings. The number of aliphatic carboxylic acids is 1. The molecule has 0 atom stereocenters. The Kier molecular flexibility index (Phi) is 4.99. The molecule has 4 rings (SSSR count). The predicted octanol–water partition coefficient (Wildman–Crippen LogP) is 4.08. The van der Waals surface area contributed by atoms with E-state index in [9.17, 15) is 9.59 Å². The van der Waals surface area contributed by atoms with E-state index in [1.54, 1.807) is 24.3 Å². The second kappa shape index (κ2) is 7.90. The zero-order valence-corrected chi connectivity index (χ0v) is 15.4. The molecule has 3 aromatic carbocycles. The van der Waals surface area contributed by atoms with Gasteiger partial charge in [-0.25, -0.2) is 4.79 Å². The first-order valence-electron chi connectivity index (χ1n) is 9.04. The normalized spacial score (nSPS) is 14.0. The summed E-state index contributed by atoms with van der Waals surface area (Å²) in [6.45, 7) is -0.400. The van der Waals surface area contributed by atoms with Gasteiger partial charge in [0.1, 0.15) is 5.75 Å². The van der Waals surface area contributed by atoms with Crippen LogP contribution in [0.5, 0.6) is 5.75 Å². The molecular weight excluding hydrogens is 368 g/mol. The Morgan fingerprint density at radius 1 is 0.931 bits per heavy atom. The quantitative estimate of drug-likeness (QED) is 0.556. The summed E-state index contributed by atoms with van der Waals surface area (Å²) >= 11 is 0. The van der Waals surface area contributed by atoms with E-state index < -0.39 is 12.6 Å². The molecule has 1 aliphatic heterocycles. The summed E-state index contributed by atoms with van der Waals surface area (Å²) in [5.41, 5.74) is 4.49. The van der Waals surface area contributed by atoms with Crippen molar-refractivity contribution in [2.24, 2.45) is 0 Å². The molecule has 0 fully saturated rings. The molecule has 0 saturated carbocycles. The van der Waals surface area contributed by atoms with Crippen molar-refractivity contribution in [2.75, 3.05) is 17.2 Å². The minimum absolute atomic E-state index is 0.168. The van der Waals surface area contributed by atoms with Crippen molar-refractivity contribution < 1.29 is 19.4 Å². The fourth-order valence-electron chi connectivity index (χ4n) is 3.17. The molecule has 0 aromatic heterocycles. The lowest BCUT2D eigenvalue weighted by atomic mass is 10.00. The van der Waals surface area contributed by atoms with Crippen molar-refractivity contribution in [1.82, 2.24) is 0 Å². The molecular formula is C23H18N2O4. The van der Waals surface area contributed by atoms with Gasteiger partial charge in [0, 0.05) is 16.9 Å². The van der Waals surface area contributed by atoms with Crippen LogP contribution in [0, 0.1) is 0 Å². The first-order chi connectivity index (χ1) is 14.1. The fourth-order valence-corrected chi connectivity index (χ4v) is 3.17. The third-order valence-electron chi connectivity index (χ3n) is 4.47. The topological polar surface area (TPSA) is 87.7 Å². The summed E-state index contributed by atoms with van der Waals surface area (Å²) in [5, 5.41) is 15.0. The summed E-state index contributed by atoms with van der Waals surface area (Å²) < 4.78 is 5.17. The van der Waals surface area contributed by atoms with Crippen molar-refractivity contribution in [3.63, 3.8) is 0 Å². The number of fused-ring (bicyclic) bond motifs is 1. The van der Waals surface area contributed by atoms with Gasteiger partial charge in [-0.05, 0) is 35.9 Å². The molecule has 0 saturated heterocycles. The number of amides is 1. The molecule has 0 radical (unpaired) electrons. The number of rotatable bonds is 6. The number of carboxylic acid groups (broad SMARTS) is 1. The molecule has 0 aliphatic carbocycles. The van der Waals surface area contributed by atoms with Gasteiger partial charge in [-0.3, -0.25) is 4.79 Å². The summed E-state index contributed by atoms with van der Waals surface area (Å²) in [4.78, 5) is 23.4. The molecule has 3 N–H and O–H groups in total. The maximum absolute atomic E-state index is 12.8. The Labute approximate surface area is 167 Å². The van der Waals surface area contributed by atoms with Gasteiger partial charge in [0.2, 0.25) is 0 Å². The molecule has 1 aliphatic rings. The van der Waals surface area contributed by atoms with Gasteiger partial charge in [0.05, 0.1) is 11.3 Å². The summed E-state index contributed by atoms with van der Waals surface area (Å²) in [7, 11) is 0. The molecule has 0 unspecified atom stereocenters. The fraction of sp³-hybridized carbons (Fsp3) is 0.0435. The van der Waals surface area contributed by atoms with Crippen molar-refractivity contribution >= 4 is 34.5 Å². The van der Waals surface area contributed by atoms with Gasteiger partial charge in [-0.1, -0.05) is 48.5 Å². The molecule has 29 heavy (non-hydrogen) atoms. The molecule has 1 heterocycles. The first kappa shape index (κ1) is 18.3. The number of benzene rings is 3. The summed E-state index contributed by atoms with van der Waals surface area (Å²) in [5.74, 6) is -0.746. The average Bonchev–Trinajstić information content (AvgIpc) is 3.07. The van der Waals surface area contributed by atoms with E-state index >= 15 is 0 Å². The minimum Gasteiger partial charge on any atom is -0.482 e. The van der Waals surface area contributed by atoms with Gasteiger partial charge >= 0.3 is 5.97 Å². The van der Waals surface area contributed by atoms with E-state index in [0.717, 1.165) is 22.5 Å². The van der Waals surface area contributed by atoms with Gasteiger partial charge in [0.25, 0.3) is 5.91 Å². The molecule has 0 spiro atoms. The van der Waals surface area contributed by atoms with Crippen molar-refractivity contribution in [1.29, 1.82) is 0 Å². The van der Waals surface area contributed by atoms with Crippen LogP contribution in [0.4, 0.5) is 11.4 Å². The highest BCUT2D eigenvalue weighted by Gasteiger charge is 2.27. The number of hydrogen-bond acceptors (Lipinski definition) is 4. The number of ether oxygens (including phenoxy) is 1. The number of anilines is 2. The van der Waals surface area contributed by atoms with E-state index in [4.69, 9.17) is 9.84 Å². The van der Waals surface area contributed by atoms with E-state index in [-0.39, 0.29) is 5.91 Å². The predicted molar refractivity (Wildman–Crippen MR) is 112 cm³/mol. The van der Waals surface area contributed by atoms with Crippen molar-refractivity contribution in [3.05, 3.63) is 90.0 Å². The number of para-hydroxylation sites is 1. The first-order valence-corrected chi connectivity index (χ1v) is 9.04. The number of carbonyl (C=O) groups excluding carboxylic acids is 1. The second-order valence-electron chi connectivity index (χ2n) is 6.45. The molecule has 6 heteroatoms. The smallest absolute Gasteiger partial charge is 0.341 e. The van der Waals surface area contributed by atoms with Crippen LogP contribution in [-0.2, 0) is 9.59 Å². The number of carbonyl (C=O) groups is 2. The van der Waals surface area contributed by atoms with Crippen LogP contribution in [0.1, 0.15) is 11.1 Å². The Bertz CT molecular complexity index is 1090. The Morgan fingerprint density at radius 3 is 2.34 bits per heavy atom. The van der Waals surface area contributed by atoms with Crippen LogP contribution in [0.2, 0.25) is 0 Å².